The monoisotopic (exact) mass is 489 g/mol. The van der Waals surface area contributed by atoms with Gasteiger partial charge in [0.2, 0.25) is 21.8 Å². The maximum atomic E-state index is 12.9. The second kappa shape index (κ2) is 9.06. The van der Waals surface area contributed by atoms with E-state index in [1.165, 1.54) is 7.11 Å². The first kappa shape index (κ1) is 23.1. The fraction of sp³-hybridized carbons (Fsp3) is 0.318. The van der Waals surface area contributed by atoms with Crippen molar-refractivity contribution >= 4 is 50.2 Å². The van der Waals surface area contributed by atoms with Crippen molar-refractivity contribution in [3.63, 3.8) is 0 Å². The van der Waals surface area contributed by atoms with Crippen LogP contribution < -0.4 is 19.7 Å². The molecule has 1 unspecified atom stereocenters. The van der Waals surface area contributed by atoms with Gasteiger partial charge in [0.15, 0.2) is 0 Å². The second-order valence-electron chi connectivity index (χ2n) is 7.89. The number of methoxy groups -OCH3 is 1. The van der Waals surface area contributed by atoms with E-state index >= 15 is 0 Å². The molecule has 0 spiro atoms. The summed E-state index contributed by atoms with van der Waals surface area (Å²) in [5.74, 6) is 0.192. The summed E-state index contributed by atoms with van der Waals surface area (Å²) < 4.78 is 30.8. The van der Waals surface area contributed by atoms with Gasteiger partial charge in [0.05, 0.1) is 30.8 Å². The van der Waals surface area contributed by atoms with E-state index in [1.807, 2.05) is 6.07 Å². The molecule has 2 aromatic rings. The van der Waals surface area contributed by atoms with Crippen LogP contribution in [0.4, 0.5) is 16.2 Å². The number of nitrogens with one attached hydrogen (secondary N) is 2. The number of thioether (sulfide) groups is 1. The first-order valence-corrected chi connectivity index (χ1v) is 13.0. The number of imide groups is 1. The average Bonchev–Trinajstić information content (AvgIpc) is 3.07. The highest BCUT2D eigenvalue weighted by atomic mass is 32.2. The number of hydrogen-bond acceptors (Lipinski definition) is 7. The molecule has 2 heterocycles. The van der Waals surface area contributed by atoms with E-state index in [-0.39, 0.29) is 23.6 Å². The topological polar surface area (TPSA) is 122 Å². The molecule has 174 valence electrons. The molecule has 1 saturated heterocycles. The number of amides is 3. The summed E-state index contributed by atoms with van der Waals surface area (Å²) in [5, 5.41) is 1.46. The molecule has 0 saturated carbocycles. The normalized spacial score (nSPS) is 18.2. The van der Waals surface area contributed by atoms with Gasteiger partial charge in [0, 0.05) is 12.1 Å². The minimum atomic E-state index is -3.38. The van der Waals surface area contributed by atoms with Gasteiger partial charge in [-0.1, -0.05) is 30.0 Å². The quantitative estimate of drug-likeness (QED) is 0.613. The van der Waals surface area contributed by atoms with Crippen LogP contribution in [-0.4, -0.2) is 44.1 Å². The molecule has 1 atom stereocenters. The highest BCUT2D eigenvalue weighted by Crippen LogP contribution is 2.41. The SMILES string of the molecule is COc1ccc(CC2SC(=O)NC2=O)c2c1N(Cc1ccc(NS(C)(=O)=O)cc1)C(=O)CC2. The first-order valence-electron chi connectivity index (χ1n) is 10.2. The van der Waals surface area contributed by atoms with Crippen LogP contribution in [0, 0.1) is 0 Å². The number of ether oxygens (including phenoxy) is 1. The number of carbonyl (C=O) groups is 3. The molecule has 9 nitrogen and oxygen atoms in total. The Bertz CT molecular complexity index is 1230. The lowest BCUT2D eigenvalue weighted by Crippen LogP contribution is -2.35. The zero-order chi connectivity index (χ0) is 23.8. The number of anilines is 2. The van der Waals surface area contributed by atoms with E-state index in [9.17, 15) is 22.8 Å². The Morgan fingerprint density at radius 3 is 2.45 bits per heavy atom. The van der Waals surface area contributed by atoms with Crippen molar-refractivity contribution in [2.75, 3.05) is 23.0 Å². The van der Waals surface area contributed by atoms with Crippen LogP contribution in [0.5, 0.6) is 5.75 Å². The number of carbonyl (C=O) groups excluding carboxylic acids is 3. The third-order valence-corrected chi connectivity index (χ3v) is 7.08. The Morgan fingerprint density at radius 1 is 1.12 bits per heavy atom. The molecule has 2 aliphatic heterocycles. The first-order chi connectivity index (χ1) is 15.6. The summed E-state index contributed by atoms with van der Waals surface area (Å²) in [6, 6.07) is 10.5. The van der Waals surface area contributed by atoms with Gasteiger partial charge in [-0.15, -0.1) is 0 Å². The van der Waals surface area contributed by atoms with Crippen molar-refractivity contribution in [2.45, 2.75) is 31.1 Å². The molecular formula is C22H23N3O6S2. The third-order valence-electron chi connectivity index (χ3n) is 5.49. The zero-order valence-corrected chi connectivity index (χ0v) is 19.7. The number of nitrogens with zero attached hydrogens (tertiary/aromatic N) is 1. The number of rotatable bonds is 7. The fourth-order valence-electron chi connectivity index (χ4n) is 4.05. The number of benzene rings is 2. The van der Waals surface area contributed by atoms with Crippen LogP contribution in [0.3, 0.4) is 0 Å². The minimum absolute atomic E-state index is 0.0561. The Hall–Kier alpha value is -3.05. The largest absolute Gasteiger partial charge is 0.495 e. The van der Waals surface area contributed by atoms with Gasteiger partial charge < -0.3 is 9.64 Å². The van der Waals surface area contributed by atoms with E-state index in [4.69, 9.17) is 4.74 Å². The lowest BCUT2D eigenvalue weighted by Gasteiger charge is -2.32. The van der Waals surface area contributed by atoms with Gasteiger partial charge in [-0.3, -0.25) is 24.4 Å². The lowest BCUT2D eigenvalue weighted by atomic mass is 9.92. The minimum Gasteiger partial charge on any atom is -0.495 e. The molecule has 3 amide bonds. The summed E-state index contributed by atoms with van der Waals surface area (Å²) in [7, 11) is -1.84. The zero-order valence-electron chi connectivity index (χ0n) is 18.1. The van der Waals surface area contributed by atoms with E-state index in [2.05, 4.69) is 10.0 Å². The summed E-state index contributed by atoms with van der Waals surface area (Å²) in [6.07, 6.45) is 2.28. The molecule has 2 aromatic carbocycles. The van der Waals surface area contributed by atoms with Crippen molar-refractivity contribution < 1.29 is 27.5 Å². The highest BCUT2D eigenvalue weighted by molar-refractivity contribution is 8.15. The fourth-order valence-corrected chi connectivity index (χ4v) is 5.46. The van der Waals surface area contributed by atoms with E-state index < -0.39 is 15.3 Å². The van der Waals surface area contributed by atoms with Crippen molar-refractivity contribution in [2.24, 2.45) is 0 Å². The number of sulfonamides is 1. The Morgan fingerprint density at radius 2 is 1.85 bits per heavy atom. The van der Waals surface area contributed by atoms with Gasteiger partial charge in [0.25, 0.3) is 5.24 Å². The summed E-state index contributed by atoms with van der Waals surface area (Å²) in [4.78, 5) is 38.2. The Kier molecular flexibility index (Phi) is 6.35. The van der Waals surface area contributed by atoms with Crippen LogP contribution in [0.1, 0.15) is 23.1 Å². The molecule has 11 heteroatoms. The third kappa shape index (κ3) is 5.14. The van der Waals surface area contributed by atoms with Gasteiger partial charge in [-0.05, 0) is 47.7 Å². The molecule has 1 fully saturated rings. The molecule has 0 radical (unpaired) electrons. The maximum absolute atomic E-state index is 12.9. The lowest BCUT2D eigenvalue weighted by molar-refractivity contribution is -0.119. The Balaban J connectivity index is 1.64. The molecule has 4 rings (SSSR count). The van der Waals surface area contributed by atoms with Crippen LogP contribution >= 0.6 is 11.8 Å². The number of hydrogen-bond donors (Lipinski definition) is 2. The van der Waals surface area contributed by atoms with Gasteiger partial charge in [-0.2, -0.15) is 0 Å². The predicted octanol–water partition coefficient (Wildman–Crippen LogP) is 2.44. The van der Waals surface area contributed by atoms with E-state index in [0.717, 1.165) is 34.7 Å². The summed E-state index contributed by atoms with van der Waals surface area (Å²) >= 11 is 0.978. The molecule has 33 heavy (non-hydrogen) atoms. The smallest absolute Gasteiger partial charge is 0.286 e. The van der Waals surface area contributed by atoms with Gasteiger partial charge in [0.1, 0.15) is 5.75 Å². The molecule has 0 aromatic heterocycles. The molecule has 0 bridgehead atoms. The standard InChI is InChI=1S/C22H23N3O6S2/c1-31-17-9-5-14(11-18-21(27)23-22(28)32-18)16-8-10-19(26)25(20(16)17)12-13-3-6-15(7-4-13)24-33(2,29)30/h3-7,9,18,24H,8,10-12H2,1-2H3,(H,23,27,28). The predicted molar refractivity (Wildman–Crippen MR) is 126 cm³/mol. The summed E-state index contributed by atoms with van der Waals surface area (Å²) in [5.41, 5.74) is 3.75. The van der Waals surface area contributed by atoms with E-state index in [1.54, 1.807) is 35.2 Å². The van der Waals surface area contributed by atoms with Crippen molar-refractivity contribution in [3.8, 4) is 5.75 Å². The van der Waals surface area contributed by atoms with Crippen LogP contribution in [-0.2, 0) is 39.0 Å². The molecule has 2 N–H and O–H groups in total. The van der Waals surface area contributed by atoms with Gasteiger partial charge >= 0.3 is 0 Å². The van der Waals surface area contributed by atoms with Crippen molar-refractivity contribution in [3.05, 3.63) is 53.1 Å². The maximum Gasteiger partial charge on any atom is 0.286 e. The molecule has 0 aliphatic carbocycles. The summed E-state index contributed by atoms with van der Waals surface area (Å²) in [6.45, 7) is 0.280. The average molecular weight is 490 g/mol. The molecular weight excluding hydrogens is 466 g/mol. The second-order valence-corrected chi connectivity index (χ2v) is 10.8. The van der Waals surface area contributed by atoms with Crippen LogP contribution in [0.2, 0.25) is 0 Å². The van der Waals surface area contributed by atoms with Gasteiger partial charge in [-0.25, -0.2) is 8.42 Å². The number of fused-ring (bicyclic) bond motifs is 1. The molecule has 2 aliphatic rings. The highest BCUT2D eigenvalue weighted by Gasteiger charge is 2.34. The van der Waals surface area contributed by atoms with Crippen molar-refractivity contribution in [1.82, 2.24) is 5.32 Å². The van der Waals surface area contributed by atoms with Crippen LogP contribution in [0.15, 0.2) is 36.4 Å². The Labute approximate surface area is 195 Å². The van der Waals surface area contributed by atoms with Crippen LogP contribution in [0.25, 0.3) is 0 Å². The van der Waals surface area contributed by atoms with Crippen molar-refractivity contribution in [1.29, 1.82) is 0 Å². The van der Waals surface area contributed by atoms with E-state index in [0.29, 0.717) is 36.4 Å².